The summed E-state index contributed by atoms with van der Waals surface area (Å²) in [6, 6.07) is 0. The molecule has 0 amide bonds. The van der Waals surface area contributed by atoms with Crippen molar-refractivity contribution in [1.82, 2.24) is 0 Å². The van der Waals surface area contributed by atoms with Crippen LogP contribution >= 0.6 is 0 Å². The number of cyclic esters (lactones) is 2. The van der Waals surface area contributed by atoms with Crippen molar-refractivity contribution < 1.29 is 42.9 Å². The van der Waals surface area contributed by atoms with Crippen LogP contribution in [-0.2, 0) is 42.9 Å². The Bertz CT molecular complexity index is 1120. The van der Waals surface area contributed by atoms with Gasteiger partial charge < -0.3 is 23.7 Å². The average Bonchev–Trinajstić information content (AvgIpc) is 3.21. The third kappa shape index (κ3) is 3.29. The molecular formula is C28H36O9. The Labute approximate surface area is 216 Å². The van der Waals surface area contributed by atoms with E-state index in [4.69, 9.17) is 23.7 Å². The van der Waals surface area contributed by atoms with Crippen LogP contribution < -0.4 is 0 Å². The van der Waals surface area contributed by atoms with Crippen LogP contribution in [0.2, 0.25) is 0 Å². The summed E-state index contributed by atoms with van der Waals surface area (Å²) in [5.41, 5.74) is -2.01. The molecule has 2 aliphatic carbocycles. The van der Waals surface area contributed by atoms with E-state index in [0.29, 0.717) is 18.4 Å². The van der Waals surface area contributed by atoms with Gasteiger partial charge in [0.25, 0.3) is 0 Å². The molecule has 0 aromatic carbocycles. The van der Waals surface area contributed by atoms with Crippen LogP contribution in [-0.4, -0.2) is 62.0 Å². The number of Topliss-reactive ketones (excluding diaryl/α,β-unsaturated/α-hetero) is 1. The Hall–Kier alpha value is -2.52. The van der Waals surface area contributed by atoms with Crippen molar-refractivity contribution in [3.63, 3.8) is 0 Å². The Morgan fingerprint density at radius 1 is 1.14 bits per heavy atom. The number of hydrogen-bond donors (Lipinski definition) is 0. The van der Waals surface area contributed by atoms with Crippen molar-refractivity contribution in [2.45, 2.75) is 83.9 Å². The normalized spacial score (nSPS) is 44.3. The second-order valence-corrected chi connectivity index (χ2v) is 12.2. The minimum atomic E-state index is -1.11. The molecule has 0 radical (unpaired) electrons. The van der Waals surface area contributed by atoms with E-state index in [0.717, 1.165) is 5.57 Å². The van der Waals surface area contributed by atoms with Gasteiger partial charge in [0.2, 0.25) is 6.29 Å². The first-order chi connectivity index (χ1) is 17.3. The highest BCUT2D eigenvalue weighted by Crippen LogP contribution is 2.70. The van der Waals surface area contributed by atoms with Gasteiger partial charge in [0.1, 0.15) is 17.5 Å². The second-order valence-electron chi connectivity index (χ2n) is 12.2. The van der Waals surface area contributed by atoms with Gasteiger partial charge in [-0.3, -0.25) is 14.4 Å². The molecule has 3 aliphatic heterocycles. The van der Waals surface area contributed by atoms with Gasteiger partial charge in [0, 0.05) is 47.8 Å². The highest BCUT2D eigenvalue weighted by atomic mass is 16.7. The lowest BCUT2D eigenvalue weighted by molar-refractivity contribution is -0.294. The van der Waals surface area contributed by atoms with Crippen LogP contribution in [0, 0.1) is 28.1 Å². The third-order valence-corrected chi connectivity index (χ3v) is 10.4. The molecule has 9 heteroatoms. The van der Waals surface area contributed by atoms with Gasteiger partial charge in [-0.1, -0.05) is 34.3 Å². The standard InChI is InChI=1S/C28H36O9/c1-14-16-8-9-26(4)23(15-10-21(31)36-24(15)34-7)35-22(32)13-28(14,26)37-19-12-18(29)25(2,3)17(27(16,19)5)11-20(30)33-6/h10,16-17,19,23-24H,1,8-9,11-13H2,2-7H3/t16-,17-,19-,23-,24?,26-,27+,28-/m0/s1. The number of carbonyl (C=O) groups excluding carboxylic acids is 4. The Morgan fingerprint density at radius 3 is 2.49 bits per heavy atom. The lowest BCUT2D eigenvalue weighted by Crippen LogP contribution is -2.74. The maximum Gasteiger partial charge on any atom is 0.333 e. The summed E-state index contributed by atoms with van der Waals surface area (Å²) < 4.78 is 28.5. The van der Waals surface area contributed by atoms with E-state index >= 15 is 0 Å². The highest BCUT2D eigenvalue weighted by Gasteiger charge is 2.74. The summed E-state index contributed by atoms with van der Waals surface area (Å²) in [5.74, 6) is -1.83. The van der Waals surface area contributed by atoms with E-state index in [2.05, 4.69) is 13.5 Å². The zero-order chi connectivity index (χ0) is 27.1. The van der Waals surface area contributed by atoms with Gasteiger partial charge >= 0.3 is 17.9 Å². The smallest absolute Gasteiger partial charge is 0.333 e. The molecule has 1 unspecified atom stereocenters. The molecule has 8 atom stereocenters. The van der Waals surface area contributed by atoms with Crippen molar-refractivity contribution in [3.05, 3.63) is 23.8 Å². The Kier molecular flexibility index (Phi) is 5.81. The van der Waals surface area contributed by atoms with Crippen LogP contribution in [0.15, 0.2) is 23.8 Å². The fourth-order valence-corrected chi connectivity index (χ4v) is 8.25. The summed E-state index contributed by atoms with van der Waals surface area (Å²) >= 11 is 0. The number of carbonyl (C=O) groups is 4. The summed E-state index contributed by atoms with van der Waals surface area (Å²) in [4.78, 5) is 51.2. The summed E-state index contributed by atoms with van der Waals surface area (Å²) in [5, 5.41) is 0. The molecule has 0 aromatic rings. The molecule has 5 rings (SSSR count). The van der Waals surface area contributed by atoms with Gasteiger partial charge in [0.05, 0.1) is 19.6 Å². The van der Waals surface area contributed by atoms with Crippen molar-refractivity contribution in [1.29, 1.82) is 0 Å². The molecule has 202 valence electrons. The molecule has 2 bridgehead atoms. The summed E-state index contributed by atoms with van der Waals surface area (Å²) in [6.07, 6.45) is 0.546. The van der Waals surface area contributed by atoms with Crippen LogP contribution in [0.1, 0.15) is 59.8 Å². The number of fused-ring (bicyclic) bond motifs is 3. The zero-order valence-corrected chi connectivity index (χ0v) is 22.4. The molecule has 4 fully saturated rings. The maximum absolute atomic E-state index is 13.5. The van der Waals surface area contributed by atoms with Crippen LogP contribution in [0.5, 0.6) is 0 Å². The van der Waals surface area contributed by atoms with Gasteiger partial charge in [-0.25, -0.2) is 4.79 Å². The monoisotopic (exact) mass is 516 g/mol. The lowest BCUT2D eigenvalue weighted by Gasteiger charge is -2.70. The van der Waals surface area contributed by atoms with Gasteiger partial charge in [-0.05, 0) is 30.3 Å². The molecule has 2 saturated heterocycles. The molecule has 0 N–H and O–H groups in total. The van der Waals surface area contributed by atoms with Crippen LogP contribution in [0.4, 0.5) is 0 Å². The minimum Gasteiger partial charge on any atom is -0.469 e. The molecule has 2 saturated carbocycles. The number of ether oxygens (including phenoxy) is 5. The molecule has 1 spiro atoms. The minimum absolute atomic E-state index is 0.0134. The van der Waals surface area contributed by atoms with Crippen molar-refractivity contribution in [2.75, 3.05) is 14.2 Å². The van der Waals surface area contributed by atoms with Crippen LogP contribution in [0.3, 0.4) is 0 Å². The molecule has 0 aromatic heterocycles. The molecule has 5 aliphatic rings. The van der Waals surface area contributed by atoms with Gasteiger partial charge in [-0.15, -0.1) is 0 Å². The van der Waals surface area contributed by atoms with Crippen molar-refractivity contribution >= 4 is 23.7 Å². The molecule has 37 heavy (non-hydrogen) atoms. The molecule has 3 heterocycles. The topological polar surface area (TPSA) is 114 Å². The van der Waals surface area contributed by atoms with Gasteiger partial charge in [0.15, 0.2) is 0 Å². The van der Waals surface area contributed by atoms with E-state index in [9.17, 15) is 19.2 Å². The number of methoxy groups -OCH3 is 2. The molecule has 9 nitrogen and oxygen atoms in total. The first kappa shape index (κ1) is 26.1. The number of ketones is 1. The van der Waals surface area contributed by atoms with Gasteiger partial charge in [-0.2, -0.15) is 0 Å². The maximum atomic E-state index is 13.5. The fraction of sp³-hybridized carbons (Fsp3) is 0.714. The number of rotatable bonds is 4. The first-order valence-electron chi connectivity index (χ1n) is 12.9. The van der Waals surface area contributed by atoms with E-state index in [1.807, 2.05) is 20.8 Å². The fourth-order valence-electron chi connectivity index (χ4n) is 8.25. The SMILES string of the molecule is C=C1[C@@H]2CC[C@@]3(C)[C@H](C4=CC(=O)OC4OC)OC(=O)C[C@]13O[C@H]1CC(=O)C(C)(C)[C@H](CC(=O)OC)[C@]12C. The summed E-state index contributed by atoms with van der Waals surface area (Å²) in [6.45, 7) is 12.4. The quantitative estimate of drug-likeness (QED) is 0.316. The van der Waals surface area contributed by atoms with E-state index in [1.165, 1.54) is 20.3 Å². The first-order valence-corrected chi connectivity index (χ1v) is 12.9. The van der Waals surface area contributed by atoms with Crippen molar-refractivity contribution in [3.8, 4) is 0 Å². The van der Waals surface area contributed by atoms with Crippen LogP contribution in [0.25, 0.3) is 0 Å². The molecular weight excluding hydrogens is 480 g/mol. The predicted molar refractivity (Wildman–Crippen MR) is 129 cm³/mol. The zero-order valence-electron chi connectivity index (χ0n) is 22.4. The lowest BCUT2D eigenvalue weighted by atomic mass is 9.41. The second kappa shape index (κ2) is 8.24. The van der Waals surface area contributed by atoms with E-state index in [-0.39, 0.29) is 42.9 Å². The predicted octanol–water partition coefficient (Wildman–Crippen LogP) is 3.05. The van der Waals surface area contributed by atoms with E-state index in [1.54, 1.807) is 0 Å². The third-order valence-electron chi connectivity index (χ3n) is 10.4. The largest absolute Gasteiger partial charge is 0.469 e. The Morgan fingerprint density at radius 2 is 1.84 bits per heavy atom. The van der Waals surface area contributed by atoms with Crippen molar-refractivity contribution in [2.24, 2.45) is 28.1 Å². The number of esters is 3. The summed E-state index contributed by atoms with van der Waals surface area (Å²) in [7, 11) is 2.78. The number of hydrogen-bond acceptors (Lipinski definition) is 9. The van der Waals surface area contributed by atoms with E-state index < -0.39 is 52.3 Å². The highest BCUT2D eigenvalue weighted by molar-refractivity contribution is 5.88. The Balaban J connectivity index is 1.62. The average molecular weight is 517 g/mol.